The van der Waals surface area contributed by atoms with Crippen LogP contribution in [-0.4, -0.2) is 31.2 Å². The van der Waals surface area contributed by atoms with Crippen LogP contribution in [0.3, 0.4) is 0 Å². The molecule has 1 N–H and O–H groups in total. The van der Waals surface area contributed by atoms with E-state index in [4.69, 9.17) is 9.47 Å². The maximum atomic E-state index is 5.40. The molecule has 17 heavy (non-hydrogen) atoms. The van der Waals surface area contributed by atoms with Crippen LogP contribution in [0.5, 0.6) is 0 Å². The molecule has 0 saturated heterocycles. The summed E-state index contributed by atoms with van der Waals surface area (Å²) in [4.78, 5) is 8.97. The monoisotopic (exact) mass is 351 g/mol. The molecule has 1 rings (SSSR count). The Morgan fingerprint density at radius 3 is 2.41 bits per heavy atom. The normalized spacial score (nSPS) is 11.6. The van der Waals surface area contributed by atoms with Gasteiger partial charge in [-0.05, 0) is 36.4 Å². The van der Waals surface area contributed by atoms with Crippen LogP contribution in [0, 0.1) is 3.57 Å². The Kier molecular flexibility index (Phi) is 5.08. The maximum Gasteiger partial charge on any atom is 0.162 e. The molecule has 0 saturated carbocycles. The molecule has 6 heteroatoms. The average Bonchev–Trinajstić information content (AvgIpc) is 2.31. The molecule has 0 spiro atoms. The number of halogens is 1. The van der Waals surface area contributed by atoms with Crippen molar-refractivity contribution in [3.63, 3.8) is 0 Å². The van der Waals surface area contributed by atoms with Crippen molar-refractivity contribution < 1.29 is 9.47 Å². The Bertz CT molecular complexity index is 397. The van der Waals surface area contributed by atoms with Gasteiger partial charge in [0.15, 0.2) is 5.82 Å². The fourth-order valence-corrected chi connectivity index (χ4v) is 1.92. The fraction of sp³-hybridized carbons (Fsp3) is 0.636. The molecule has 1 aromatic rings. The van der Waals surface area contributed by atoms with Crippen LogP contribution in [0.25, 0.3) is 0 Å². The Hall–Kier alpha value is -0.470. The summed E-state index contributed by atoms with van der Waals surface area (Å²) in [5.41, 5.74) is 0.353. The molecule has 0 atom stereocenters. The third-order valence-electron chi connectivity index (χ3n) is 2.49. The lowest BCUT2D eigenvalue weighted by Gasteiger charge is -2.23. The summed E-state index contributed by atoms with van der Waals surface area (Å²) in [6.45, 7) is 4.33. The Morgan fingerprint density at radius 1 is 1.29 bits per heavy atom. The van der Waals surface area contributed by atoms with Gasteiger partial charge >= 0.3 is 0 Å². The molecule has 0 aliphatic carbocycles. The van der Waals surface area contributed by atoms with Crippen molar-refractivity contribution in [2.24, 2.45) is 0 Å². The Labute approximate surface area is 115 Å². The average molecular weight is 351 g/mol. The van der Waals surface area contributed by atoms with Crippen molar-refractivity contribution in [2.75, 3.05) is 26.6 Å². The molecule has 0 aliphatic heterocycles. The second-order valence-electron chi connectivity index (χ2n) is 4.05. The van der Waals surface area contributed by atoms with Gasteiger partial charge in [-0.2, -0.15) is 0 Å². The quantitative estimate of drug-likeness (QED) is 0.824. The van der Waals surface area contributed by atoms with E-state index < -0.39 is 5.60 Å². The lowest BCUT2D eigenvalue weighted by Crippen LogP contribution is -2.25. The molecule has 1 heterocycles. The van der Waals surface area contributed by atoms with Gasteiger partial charge in [-0.15, -0.1) is 0 Å². The van der Waals surface area contributed by atoms with E-state index in [9.17, 15) is 0 Å². The van der Waals surface area contributed by atoms with Crippen molar-refractivity contribution in [2.45, 2.75) is 26.1 Å². The summed E-state index contributed by atoms with van der Waals surface area (Å²) >= 11 is 2.21. The minimum Gasteiger partial charge on any atom is -0.378 e. The van der Waals surface area contributed by atoms with E-state index in [0.29, 0.717) is 12.4 Å². The van der Waals surface area contributed by atoms with Gasteiger partial charge in [0.2, 0.25) is 0 Å². The van der Waals surface area contributed by atoms with Crippen LogP contribution >= 0.6 is 22.6 Å². The van der Waals surface area contributed by atoms with E-state index in [0.717, 1.165) is 15.1 Å². The summed E-state index contributed by atoms with van der Waals surface area (Å²) in [6.07, 6.45) is 0. The zero-order chi connectivity index (χ0) is 13.1. The van der Waals surface area contributed by atoms with E-state index in [2.05, 4.69) is 37.9 Å². The molecular weight excluding hydrogens is 333 g/mol. The van der Waals surface area contributed by atoms with E-state index >= 15 is 0 Å². The number of methoxy groups -OCH3 is 2. The van der Waals surface area contributed by atoms with Gasteiger partial charge in [-0.1, -0.05) is 0 Å². The first-order valence-electron chi connectivity index (χ1n) is 5.25. The molecule has 96 valence electrons. The van der Waals surface area contributed by atoms with Gasteiger partial charge in [-0.25, -0.2) is 9.97 Å². The zero-order valence-electron chi connectivity index (χ0n) is 10.8. The van der Waals surface area contributed by atoms with Crippen molar-refractivity contribution >= 4 is 28.4 Å². The first kappa shape index (κ1) is 14.6. The van der Waals surface area contributed by atoms with Crippen LogP contribution in [0.2, 0.25) is 0 Å². The maximum absolute atomic E-state index is 5.40. The number of nitrogens with zero attached hydrogens (tertiary/aromatic N) is 2. The van der Waals surface area contributed by atoms with Gasteiger partial charge in [0.25, 0.3) is 0 Å². The molecular formula is C11H18IN3O2. The molecule has 0 aromatic carbocycles. The van der Waals surface area contributed by atoms with Gasteiger partial charge in [0, 0.05) is 21.3 Å². The smallest absolute Gasteiger partial charge is 0.162 e. The van der Waals surface area contributed by atoms with Gasteiger partial charge < -0.3 is 14.8 Å². The number of hydrogen-bond acceptors (Lipinski definition) is 5. The summed E-state index contributed by atoms with van der Waals surface area (Å²) < 4.78 is 11.5. The van der Waals surface area contributed by atoms with Crippen LogP contribution in [0.1, 0.15) is 25.4 Å². The van der Waals surface area contributed by atoms with Crippen molar-refractivity contribution in [1.29, 1.82) is 0 Å². The highest BCUT2D eigenvalue weighted by molar-refractivity contribution is 14.1. The number of ether oxygens (including phenoxy) is 2. The number of nitrogens with one attached hydrogen (secondary N) is 1. The van der Waals surface area contributed by atoms with E-state index in [1.54, 1.807) is 14.2 Å². The van der Waals surface area contributed by atoms with Crippen LogP contribution in [0.4, 0.5) is 5.82 Å². The van der Waals surface area contributed by atoms with E-state index in [1.807, 2.05) is 20.9 Å². The lowest BCUT2D eigenvalue weighted by molar-refractivity contribution is 0.0110. The highest BCUT2D eigenvalue weighted by Gasteiger charge is 2.25. The molecule has 0 fully saturated rings. The minimum atomic E-state index is -0.515. The predicted octanol–water partition coefficient (Wildman–Crippen LogP) is 2.15. The predicted molar refractivity (Wildman–Crippen MR) is 75.0 cm³/mol. The van der Waals surface area contributed by atoms with Crippen LogP contribution < -0.4 is 5.32 Å². The molecule has 1 aromatic heterocycles. The Morgan fingerprint density at radius 2 is 1.94 bits per heavy atom. The second-order valence-corrected chi connectivity index (χ2v) is 5.13. The fourth-order valence-electron chi connectivity index (χ4n) is 1.25. The lowest BCUT2D eigenvalue weighted by atomic mass is 10.1. The highest BCUT2D eigenvalue weighted by Crippen LogP contribution is 2.26. The van der Waals surface area contributed by atoms with Crippen LogP contribution in [0.15, 0.2) is 0 Å². The molecule has 0 unspecified atom stereocenters. The third kappa shape index (κ3) is 3.26. The number of anilines is 1. The van der Waals surface area contributed by atoms with Crippen molar-refractivity contribution in [3.05, 3.63) is 15.1 Å². The summed E-state index contributed by atoms with van der Waals surface area (Å²) in [5.74, 6) is 1.45. The summed E-state index contributed by atoms with van der Waals surface area (Å²) in [7, 11) is 5.14. The Balaban J connectivity index is 3.29. The minimum absolute atomic E-state index is 0.461. The van der Waals surface area contributed by atoms with Gasteiger partial charge in [0.1, 0.15) is 11.4 Å². The van der Waals surface area contributed by atoms with E-state index in [-0.39, 0.29) is 0 Å². The topological polar surface area (TPSA) is 56.3 Å². The van der Waals surface area contributed by atoms with Crippen LogP contribution in [-0.2, 0) is 21.7 Å². The number of aromatic nitrogens is 2. The highest BCUT2D eigenvalue weighted by atomic mass is 127. The first-order chi connectivity index (χ1) is 7.96. The molecule has 0 bridgehead atoms. The van der Waals surface area contributed by atoms with Crippen molar-refractivity contribution in [1.82, 2.24) is 9.97 Å². The summed E-state index contributed by atoms with van der Waals surface area (Å²) in [5, 5.41) is 3.06. The van der Waals surface area contributed by atoms with Gasteiger partial charge in [-0.3, -0.25) is 0 Å². The first-order valence-corrected chi connectivity index (χ1v) is 6.33. The zero-order valence-corrected chi connectivity index (χ0v) is 13.0. The largest absolute Gasteiger partial charge is 0.378 e. The molecule has 5 nitrogen and oxygen atoms in total. The third-order valence-corrected chi connectivity index (χ3v) is 3.62. The SMILES string of the molecule is CNc1nc(C(C)(C)OC)nc(COC)c1I. The second kappa shape index (κ2) is 5.92. The molecule has 0 aliphatic rings. The number of rotatable bonds is 5. The molecule has 0 radical (unpaired) electrons. The van der Waals surface area contributed by atoms with E-state index in [1.165, 1.54) is 0 Å². The number of hydrogen-bond donors (Lipinski definition) is 1. The molecule has 0 amide bonds. The van der Waals surface area contributed by atoms with Gasteiger partial charge in [0.05, 0.1) is 15.9 Å². The standard InChI is InChI=1S/C11H18IN3O2/c1-11(2,17-5)10-14-7(6-16-4)8(12)9(13-3)15-10/h6H2,1-5H3,(H,13,14,15). The summed E-state index contributed by atoms with van der Waals surface area (Å²) in [6, 6.07) is 0. The van der Waals surface area contributed by atoms with Crippen molar-refractivity contribution in [3.8, 4) is 0 Å².